The quantitative estimate of drug-likeness (QED) is 0.803. The highest BCUT2D eigenvalue weighted by molar-refractivity contribution is 6.35. The lowest BCUT2D eigenvalue weighted by Gasteiger charge is -2.23. The average molecular weight is 301 g/mol. The lowest BCUT2D eigenvalue weighted by Crippen LogP contribution is -2.30. The van der Waals surface area contributed by atoms with E-state index in [-0.39, 0.29) is 29.1 Å². The second-order valence-electron chi connectivity index (χ2n) is 4.09. The van der Waals surface area contributed by atoms with Gasteiger partial charge in [-0.3, -0.25) is 0 Å². The van der Waals surface area contributed by atoms with Crippen LogP contribution in [0.25, 0.3) is 0 Å². The smallest absolute Gasteiger partial charge is 0.139 e. The van der Waals surface area contributed by atoms with E-state index in [9.17, 15) is 10.2 Å². The molecule has 0 aliphatic heterocycles. The number of phenolic OH excluding ortho intramolecular Hbond substituents is 1. The molecule has 0 aliphatic rings. The molecule has 6 heteroatoms. The third-order valence-corrected chi connectivity index (χ3v) is 2.97. The van der Waals surface area contributed by atoms with Crippen LogP contribution in [0.2, 0.25) is 10.0 Å². The lowest BCUT2D eigenvalue weighted by molar-refractivity contribution is 0.0970. The zero-order valence-corrected chi connectivity index (χ0v) is 11.9. The van der Waals surface area contributed by atoms with Crippen molar-refractivity contribution >= 4 is 35.6 Å². The molecule has 3 nitrogen and oxygen atoms in total. The average Bonchev–Trinajstić information content (AvgIpc) is 2.21. The van der Waals surface area contributed by atoms with Crippen molar-refractivity contribution in [3.63, 3.8) is 0 Å². The fourth-order valence-electron chi connectivity index (χ4n) is 1.44. The van der Waals surface area contributed by atoms with E-state index in [0.29, 0.717) is 10.6 Å². The van der Waals surface area contributed by atoms with Crippen molar-refractivity contribution in [2.75, 3.05) is 0 Å². The van der Waals surface area contributed by atoms with Gasteiger partial charge < -0.3 is 15.9 Å². The summed E-state index contributed by atoms with van der Waals surface area (Å²) in [6, 6.07) is 2.23. The Kier molecular flexibility index (Phi) is 6.59. The van der Waals surface area contributed by atoms with Crippen LogP contribution in [0.15, 0.2) is 12.1 Å². The van der Waals surface area contributed by atoms with Crippen molar-refractivity contribution < 1.29 is 10.2 Å². The van der Waals surface area contributed by atoms with Crippen LogP contribution in [-0.2, 0) is 0 Å². The first-order chi connectivity index (χ1) is 7.34. The highest BCUT2D eigenvalue weighted by Gasteiger charge is 2.24. The summed E-state index contributed by atoms with van der Waals surface area (Å²) in [6.07, 6.45) is -0.763. The van der Waals surface area contributed by atoms with E-state index in [4.69, 9.17) is 28.9 Å². The normalized spacial score (nSPS) is 14.3. The van der Waals surface area contributed by atoms with Gasteiger partial charge in [-0.05, 0) is 18.1 Å². The van der Waals surface area contributed by atoms with Gasteiger partial charge in [0.05, 0.1) is 17.2 Å². The third-order valence-electron chi connectivity index (χ3n) is 2.47. The lowest BCUT2D eigenvalue weighted by atomic mass is 9.94. The van der Waals surface area contributed by atoms with Gasteiger partial charge in [0.25, 0.3) is 0 Å². The molecular weight excluding hydrogens is 284 g/mol. The van der Waals surface area contributed by atoms with E-state index in [0.717, 1.165) is 0 Å². The molecule has 0 radical (unpaired) electrons. The Morgan fingerprint density at radius 1 is 1.24 bits per heavy atom. The molecule has 0 bridgehead atoms. The summed E-state index contributed by atoms with van der Waals surface area (Å²) >= 11 is 11.6. The number of aromatic hydroxyl groups is 1. The molecule has 1 rings (SSSR count). The van der Waals surface area contributed by atoms with Gasteiger partial charge in [-0.15, -0.1) is 12.4 Å². The van der Waals surface area contributed by atoms with Crippen molar-refractivity contribution in [2.45, 2.75) is 26.0 Å². The molecule has 0 aliphatic carbocycles. The Hall–Kier alpha value is -0.190. The number of nitrogens with two attached hydrogens (primary N) is 1. The maximum atomic E-state index is 9.83. The SMILES string of the molecule is CC(C)[C@@H](O)[C@@H](N)c1cc(Cl)cc(Cl)c1O.Cl. The number of hydrogen-bond acceptors (Lipinski definition) is 3. The molecule has 17 heavy (non-hydrogen) atoms. The minimum Gasteiger partial charge on any atom is -0.506 e. The number of benzene rings is 1. The Morgan fingerprint density at radius 3 is 2.24 bits per heavy atom. The molecule has 0 saturated carbocycles. The summed E-state index contributed by atoms with van der Waals surface area (Å²) in [4.78, 5) is 0. The van der Waals surface area contributed by atoms with Crippen LogP contribution in [0, 0.1) is 5.92 Å². The molecule has 98 valence electrons. The van der Waals surface area contributed by atoms with Crippen molar-refractivity contribution in [3.05, 3.63) is 27.7 Å². The fourth-order valence-corrected chi connectivity index (χ4v) is 1.95. The predicted molar refractivity (Wildman–Crippen MR) is 73.1 cm³/mol. The van der Waals surface area contributed by atoms with Gasteiger partial charge in [-0.25, -0.2) is 0 Å². The largest absolute Gasteiger partial charge is 0.506 e. The maximum Gasteiger partial charge on any atom is 0.139 e. The van der Waals surface area contributed by atoms with Gasteiger partial charge in [-0.1, -0.05) is 37.0 Å². The Morgan fingerprint density at radius 2 is 1.76 bits per heavy atom. The first kappa shape index (κ1) is 16.8. The topological polar surface area (TPSA) is 66.5 Å². The second kappa shape index (κ2) is 6.66. The van der Waals surface area contributed by atoms with Crippen LogP contribution in [0.1, 0.15) is 25.5 Å². The van der Waals surface area contributed by atoms with E-state index in [1.54, 1.807) is 0 Å². The van der Waals surface area contributed by atoms with Crippen molar-refractivity contribution in [3.8, 4) is 5.75 Å². The molecule has 1 aromatic carbocycles. The molecule has 0 fully saturated rings. The summed E-state index contributed by atoms with van der Waals surface area (Å²) < 4.78 is 0. The Labute approximate surface area is 117 Å². The van der Waals surface area contributed by atoms with Crippen molar-refractivity contribution in [2.24, 2.45) is 11.7 Å². The van der Waals surface area contributed by atoms with Crippen LogP contribution in [0.5, 0.6) is 5.75 Å². The summed E-state index contributed by atoms with van der Waals surface area (Å²) in [7, 11) is 0. The molecule has 0 saturated heterocycles. The predicted octanol–water partition coefficient (Wildman–Crippen LogP) is 3.14. The monoisotopic (exact) mass is 299 g/mol. The zero-order valence-electron chi connectivity index (χ0n) is 9.52. The zero-order chi connectivity index (χ0) is 12.5. The van der Waals surface area contributed by atoms with Crippen molar-refractivity contribution in [1.82, 2.24) is 0 Å². The van der Waals surface area contributed by atoms with E-state index in [1.165, 1.54) is 12.1 Å². The highest BCUT2D eigenvalue weighted by atomic mass is 35.5. The van der Waals surface area contributed by atoms with Crippen LogP contribution < -0.4 is 5.73 Å². The second-order valence-corrected chi connectivity index (χ2v) is 4.93. The van der Waals surface area contributed by atoms with E-state index in [1.807, 2.05) is 13.8 Å². The molecular formula is C11H16Cl3NO2. The van der Waals surface area contributed by atoms with Gasteiger partial charge >= 0.3 is 0 Å². The first-order valence-electron chi connectivity index (χ1n) is 4.96. The van der Waals surface area contributed by atoms with Gasteiger partial charge in [0.15, 0.2) is 0 Å². The number of rotatable bonds is 3. The summed E-state index contributed by atoms with van der Waals surface area (Å²) in [5, 5.41) is 20.1. The van der Waals surface area contributed by atoms with Gasteiger partial charge in [0.2, 0.25) is 0 Å². The number of aliphatic hydroxyl groups excluding tert-OH is 1. The molecule has 0 spiro atoms. The Bertz CT molecular complexity index is 385. The Balaban J connectivity index is 0.00000256. The van der Waals surface area contributed by atoms with E-state index in [2.05, 4.69) is 0 Å². The number of aliphatic hydroxyl groups is 1. The van der Waals surface area contributed by atoms with Crippen LogP contribution in [0.4, 0.5) is 0 Å². The summed E-state index contributed by atoms with van der Waals surface area (Å²) in [5.41, 5.74) is 6.21. The number of hydrogen-bond donors (Lipinski definition) is 3. The minimum atomic E-state index is -0.763. The highest BCUT2D eigenvalue weighted by Crippen LogP contribution is 2.35. The van der Waals surface area contributed by atoms with Gasteiger partial charge in [0, 0.05) is 10.6 Å². The van der Waals surface area contributed by atoms with E-state index >= 15 is 0 Å². The summed E-state index contributed by atoms with van der Waals surface area (Å²) in [5.74, 6) is -0.148. The first-order valence-corrected chi connectivity index (χ1v) is 5.71. The standard InChI is InChI=1S/C11H15Cl2NO2.ClH/c1-5(2)10(15)9(14)7-3-6(12)4-8(13)11(7)16;/h3-5,9-10,15-16H,14H2,1-2H3;1H/t9-,10+;/m0./s1. The number of phenols is 1. The molecule has 0 aromatic heterocycles. The van der Waals surface area contributed by atoms with Crippen LogP contribution >= 0.6 is 35.6 Å². The van der Waals surface area contributed by atoms with Crippen molar-refractivity contribution in [1.29, 1.82) is 0 Å². The van der Waals surface area contributed by atoms with Gasteiger partial charge in [0.1, 0.15) is 5.75 Å². The summed E-state index contributed by atoms with van der Waals surface area (Å²) in [6.45, 7) is 3.68. The fraction of sp³-hybridized carbons (Fsp3) is 0.455. The third kappa shape index (κ3) is 3.90. The van der Waals surface area contributed by atoms with Gasteiger partial charge in [-0.2, -0.15) is 0 Å². The molecule has 2 atom stereocenters. The molecule has 0 heterocycles. The number of halogens is 3. The molecule has 1 aromatic rings. The van der Waals surface area contributed by atoms with E-state index < -0.39 is 12.1 Å². The van der Waals surface area contributed by atoms with Crippen LogP contribution in [0.3, 0.4) is 0 Å². The molecule has 4 N–H and O–H groups in total. The maximum absolute atomic E-state index is 9.83. The molecule has 0 unspecified atom stereocenters. The minimum absolute atomic E-state index is 0. The van der Waals surface area contributed by atoms with Crippen LogP contribution in [-0.4, -0.2) is 16.3 Å². The molecule has 0 amide bonds.